The van der Waals surface area contributed by atoms with Gasteiger partial charge in [-0.15, -0.1) is 12.4 Å². The minimum absolute atomic E-state index is 0. The number of halogens is 1. The third kappa shape index (κ3) is 3.50. The first-order valence-electron chi connectivity index (χ1n) is 5.96. The zero-order valence-electron chi connectivity index (χ0n) is 9.91. The molecule has 1 aliphatic rings. The highest BCUT2D eigenvalue weighted by Gasteiger charge is 2.29. The second-order valence-electron chi connectivity index (χ2n) is 4.95. The van der Waals surface area contributed by atoms with Crippen LogP contribution in [0.25, 0.3) is 0 Å². The van der Waals surface area contributed by atoms with E-state index in [-0.39, 0.29) is 12.4 Å². The summed E-state index contributed by atoms with van der Waals surface area (Å²) >= 11 is 0. The highest BCUT2D eigenvalue weighted by molar-refractivity contribution is 5.85. The summed E-state index contributed by atoms with van der Waals surface area (Å²) in [6.45, 7) is 2.11. The van der Waals surface area contributed by atoms with Crippen molar-refractivity contribution in [3.8, 4) is 0 Å². The van der Waals surface area contributed by atoms with E-state index in [0.29, 0.717) is 0 Å². The van der Waals surface area contributed by atoms with Crippen molar-refractivity contribution in [2.24, 2.45) is 0 Å². The normalized spacial score (nSPS) is 18.9. The summed E-state index contributed by atoms with van der Waals surface area (Å²) in [5, 5.41) is 10.4. The van der Waals surface area contributed by atoms with E-state index < -0.39 is 5.60 Å². The van der Waals surface area contributed by atoms with Gasteiger partial charge in [-0.2, -0.15) is 0 Å². The van der Waals surface area contributed by atoms with Gasteiger partial charge in [0.15, 0.2) is 0 Å². The monoisotopic (exact) mass is 240 g/mol. The molecule has 1 aliphatic carbocycles. The molecule has 0 aromatic heterocycles. The molecule has 0 spiro atoms. The van der Waals surface area contributed by atoms with Gasteiger partial charge in [0.25, 0.3) is 0 Å². The Balaban J connectivity index is 0.00000128. The van der Waals surface area contributed by atoms with Gasteiger partial charge < -0.3 is 5.11 Å². The molecule has 1 fully saturated rings. The average Bonchev–Trinajstić information content (AvgIpc) is 2.18. The maximum atomic E-state index is 10.4. The number of aryl methyl sites for hydroxylation is 1. The van der Waals surface area contributed by atoms with Gasteiger partial charge in [0, 0.05) is 6.42 Å². The van der Waals surface area contributed by atoms with Crippen molar-refractivity contribution in [1.82, 2.24) is 0 Å². The number of aliphatic hydroxyl groups is 1. The Labute approximate surface area is 104 Å². The van der Waals surface area contributed by atoms with Crippen molar-refractivity contribution < 1.29 is 5.11 Å². The maximum Gasteiger partial charge on any atom is 0.0688 e. The fourth-order valence-corrected chi connectivity index (χ4v) is 2.59. The van der Waals surface area contributed by atoms with E-state index in [1.54, 1.807) is 0 Å². The summed E-state index contributed by atoms with van der Waals surface area (Å²) < 4.78 is 0. The SMILES string of the molecule is Cc1cccc(CC2(O)CCCCC2)c1.Cl. The van der Waals surface area contributed by atoms with Crippen LogP contribution < -0.4 is 0 Å². The summed E-state index contributed by atoms with van der Waals surface area (Å²) in [5.74, 6) is 0. The lowest BCUT2D eigenvalue weighted by Crippen LogP contribution is -2.33. The Hall–Kier alpha value is -0.530. The van der Waals surface area contributed by atoms with E-state index in [9.17, 15) is 5.11 Å². The molecular formula is C14H21ClO. The van der Waals surface area contributed by atoms with Crippen LogP contribution in [0.3, 0.4) is 0 Å². The van der Waals surface area contributed by atoms with Gasteiger partial charge >= 0.3 is 0 Å². The van der Waals surface area contributed by atoms with Gasteiger partial charge in [-0.05, 0) is 25.3 Å². The molecule has 1 saturated carbocycles. The molecule has 2 rings (SSSR count). The smallest absolute Gasteiger partial charge is 0.0688 e. The van der Waals surface area contributed by atoms with Crippen LogP contribution in [-0.4, -0.2) is 10.7 Å². The molecule has 0 heterocycles. The fourth-order valence-electron chi connectivity index (χ4n) is 2.59. The predicted octanol–water partition coefficient (Wildman–Crippen LogP) is 3.65. The Kier molecular flexibility index (Phi) is 4.82. The first-order valence-corrected chi connectivity index (χ1v) is 5.96. The zero-order chi connectivity index (χ0) is 10.7. The molecule has 0 atom stereocenters. The van der Waals surface area contributed by atoms with Crippen molar-refractivity contribution in [2.75, 3.05) is 0 Å². The summed E-state index contributed by atoms with van der Waals surface area (Å²) in [5.41, 5.74) is 2.14. The van der Waals surface area contributed by atoms with Crippen LogP contribution in [0, 0.1) is 6.92 Å². The largest absolute Gasteiger partial charge is 0.390 e. The van der Waals surface area contributed by atoms with Gasteiger partial charge in [-0.3, -0.25) is 0 Å². The van der Waals surface area contributed by atoms with E-state index in [0.717, 1.165) is 19.3 Å². The van der Waals surface area contributed by atoms with Crippen LogP contribution in [-0.2, 0) is 6.42 Å². The quantitative estimate of drug-likeness (QED) is 0.837. The van der Waals surface area contributed by atoms with E-state index in [1.165, 1.54) is 30.4 Å². The second-order valence-corrected chi connectivity index (χ2v) is 4.95. The summed E-state index contributed by atoms with van der Waals surface area (Å²) in [4.78, 5) is 0. The topological polar surface area (TPSA) is 20.2 Å². The standard InChI is InChI=1S/C14H20O.ClH/c1-12-6-5-7-13(10-12)11-14(15)8-3-2-4-9-14;/h5-7,10,15H,2-4,8-9,11H2,1H3;1H. The summed E-state index contributed by atoms with van der Waals surface area (Å²) in [7, 11) is 0. The molecular weight excluding hydrogens is 220 g/mol. The van der Waals surface area contributed by atoms with Crippen molar-refractivity contribution in [3.63, 3.8) is 0 Å². The van der Waals surface area contributed by atoms with E-state index in [4.69, 9.17) is 0 Å². The van der Waals surface area contributed by atoms with Crippen LogP contribution in [0.5, 0.6) is 0 Å². The third-order valence-electron chi connectivity index (χ3n) is 3.40. The van der Waals surface area contributed by atoms with E-state index in [2.05, 4.69) is 31.2 Å². The van der Waals surface area contributed by atoms with Crippen LogP contribution in [0.2, 0.25) is 0 Å². The molecule has 1 N–H and O–H groups in total. The molecule has 16 heavy (non-hydrogen) atoms. The van der Waals surface area contributed by atoms with Crippen molar-refractivity contribution >= 4 is 12.4 Å². The van der Waals surface area contributed by atoms with Crippen LogP contribution in [0.15, 0.2) is 24.3 Å². The maximum absolute atomic E-state index is 10.4. The van der Waals surface area contributed by atoms with Gasteiger partial charge in [-0.25, -0.2) is 0 Å². The van der Waals surface area contributed by atoms with Crippen molar-refractivity contribution in [3.05, 3.63) is 35.4 Å². The highest BCUT2D eigenvalue weighted by atomic mass is 35.5. The summed E-state index contributed by atoms with van der Waals surface area (Å²) in [6, 6.07) is 8.50. The Morgan fingerprint density at radius 2 is 1.88 bits per heavy atom. The highest BCUT2D eigenvalue weighted by Crippen LogP contribution is 2.31. The molecule has 0 aliphatic heterocycles. The molecule has 1 aromatic rings. The van der Waals surface area contributed by atoms with Crippen LogP contribution in [0.1, 0.15) is 43.2 Å². The van der Waals surface area contributed by atoms with Gasteiger partial charge in [-0.1, -0.05) is 49.1 Å². The molecule has 0 unspecified atom stereocenters. The molecule has 0 bridgehead atoms. The molecule has 0 radical (unpaired) electrons. The zero-order valence-corrected chi connectivity index (χ0v) is 10.7. The number of hydrogen-bond acceptors (Lipinski definition) is 1. The molecule has 0 amide bonds. The number of benzene rings is 1. The molecule has 1 nitrogen and oxygen atoms in total. The summed E-state index contributed by atoms with van der Waals surface area (Å²) in [6.07, 6.45) is 6.43. The lowest BCUT2D eigenvalue weighted by atomic mass is 9.80. The molecule has 2 heteroatoms. The van der Waals surface area contributed by atoms with E-state index >= 15 is 0 Å². The fraction of sp³-hybridized carbons (Fsp3) is 0.571. The van der Waals surface area contributed by atoms with Crippen LogP contribution >= 0.6 is 12.4 Å². The Bertz CT molecular complexity index is 329. The van der Waals surface area contributed by atoms with Crippen molar-refractivity contribution in [1.29, 1.82) is 0 Å². The molecule has 1 aromatic carbocycles. The number of hydrogen-bond donors (Lipinski definition) is 1. The lowest BCUT2D eigenvalue weighted by molar-refractivity contribution is 0.00449. The van der Waals surface area contributed by atoms with Crippen molar-refractivity contribution in [2.45, 2.75) is 51.0 Å². The van der Waals surface area contributed by atoms with Gasteiger partial charge in [0.05, 0.1) is 5.60 Å². The number of rotatable bonds is 2. The minimum atomic E-state index is -0.425. The first-order chi connectivity index (χ1) is 7.18. The van der Waals surface area contributed by atoms with Crippen LogP contribution in [0.4, 0.5) is 0 Å². The molecule has 90 valence electrons. The lowest BCUT2D eigenvalue weighted by Gasteiger charge is -2.32. The second kappa shape index (κ2) is 5.70. The van der Waals surface area contributed by atoms with E-state index in [1.807, 2.05) is 0 Å². The van der Waals surface area contributed by atoms with Gasteiger partial charge in [0.2, 0.25) is 0 Å². The molecule has 0 saturated heterocycles. The first kappa shape index (κ1) is 13.5. The third-order valence-corrected chi connectivity index (χ3v) is 3.40. The average molecular weight is 241 g/mol. The Morgan fingerprint density at radius 3 is 2.50 bits per heavy atom. The van der Waals surface area contributed by atoms with Gasteiger partial charge in [0.1, 0.15) is 0 Å². The Morgan fingerprint density at radius 1 is 1.19 bits per heavy atom. The minimum Gasteiger partial charge on any atom is -0.390 e. The predicted molar refractivity (Wildman–Crippen MR) is 70.2 cm³/mol.